The van der Waals surface area contributed by atoms with Crippen LogP contribution in [0.3, 0.4) is 0 Å². The summed E-state index contributed by atoms with van der Waals surface area (Å²) >= 11 is 6.26. The van der Waals surface area contributed by atoms with Crippen LogP contribution in [0.25, 0.3) is 16.6 Å². The molecule has 184 valence electrons. The first kappa shape index (κ1) is 24.6. The Labute approximate surface area is 210 Å². The Hall–Kier alpha value is -3.52. The highest BCUT2D eigenvalue weighted by Crippen LogP contribution is 2.33. The number of hydrogen-bond donors (Lipinski definition) is 3. The van der Waals surface area contributed by atoms with Crippen molar-refractivity contribution in [2.24, 2.45) is 17.8 Å². The minimum absolute atomic E-state index is 0.0800. The maximum Gasteiger partial charge on any atom is 0.135 e. The summed E-state index contributed by atoms with van der Waals surface area (Å²) in [5, 5.41) is 22.6. The molecule has 1 aliphatic carbocycles. The van der Waals surface area contributed by atoms with E-state index in [1.165, 1.54) is 31.4 Å². The smallest absolute Gasteiger partial charge is 0.135 e. The molecule has 4 N–H and O–H groups in total. The van der Waals surface area contributed by atoms with Gasteiger partial charge in [0, 0.05) is 42.7 Å². The fourth-order valence-electron chi connectivity index (χ4n) is 4.36. The van der Waals surface area contributed by atoms with E-state index in [0.29, 0.717) is 28.2 Å². The van der Waals surface area contributed by atoms with Crippen molar-refractivity contribution < 1.29 is 5.11 Å². The van der Waals surface area contributed by atoms with E-state index < -0.39 is 0 Å². The number of phenols is 1. The lowest BCUT2D eigenvalue weighted by molar-refractivity contribution is 0.463. The van der Waals surface area contributed by atoms with Crippen LogP contribution in [0.1, 0.15) is 51.5 Å². The molecular formula is C26H32ClN7O. The van der Waals surface area contributed by atoms with Gasteiger partial charge in [-0.2, -0.15) is 10.2 Å². The summed E-state index contributed by atoms with van der Waals surface area (Å²) in [6.07, 6.45) is 13.5. The van der Waals surface area contributed by atoms with Crippen LogP contribution in [0.2, 0.25) is 5.02 Å². The Bertz CT molecular complexity index is 1330. The predicted octanol–water partition coefficient (Wildman–Crippen LogP) is 5.90. The third-order valence-electron chi connectivity index (χ3n) is 6.08. The molecule has 0 amide bonds. The molecule has 9 heteroatoms. The minimum atomic E-state index is 0.0800. The van der Waals surface area contributed by atoms with E-state index in [9.17, 15) is 5.11 Å². The zero-order valence-corrected chi connectivity index (χ0v) is 21.1. The second-order valence-corrected chi connectivity index (χ2v) is 8.91. The van der Waals surface area contributed by atoms with Gasteiger partial charge in [0.25, 0.3) is 0 Å². The summed E-state index contributed by atoms with van der Waals surface area (Å²) in [6.45, 7) is 4.00. The molecule has 0 saturated heterocycles. The van der Waals surface area contributed by atoms with Gasteiger partial charge in [-0.1, -0.05) is 44.7 Å². The molecule has 3 aromatic heterocycles. The topological polar surface area (TPSA) is 106 Å². The second kappa shape index (κ2) is 10.8. The van der Waals surface area contributed by atoms with Crippen molar-refractivity contribution in [3.63, 3.8) is 0 Å². The lowest BCUT2D eigenvalue weighted by Gasteiger charge is -2.25. The van der Waals surface area contributed by atoms with E-state index in [1.54, 1.807) is 16.9 Å². The number of nitrogens with zero attached hydrogens (tertiary/aromatic N) is 5. The number of phenolic OH excluding ortho intramolecular Hbond substituents is 1. The summed E-state index contributed by atoms with van der Waals surface area (Å²) in [7, 11) is 1.90. The van der Waals surface area contributed by atoms with Crippen molar-refractivity contribution in [2.45, 2.75) is 52.0 Å². The number of benzene rings is 1. The van der Waals surface area contributed by atoms with E-state index in [-0.39, 0.29) is 5.75 Å². The molecular weight excluding hydrogens is 462 g/mol. The molecule has 0 bridgehead atoms. The van der Waals surface area contributed by atoms with Gasteiger partial charge in [0.1, 0.15) is 11.6 Å². The van der Waals surface area contributed by atoms with Crippen LogP contribution >= 0.6 is 11.6 Å². The number of aromatic hydroxyl groups is 1. The highest BCUT2D eigenvalue weighted by Gasteiger charge is 2.20. The van der Waals surface area contributed by atoms with Crippen LogP contribution in [0.15, 0.2) is 54.0 Å². The van der Waals surface area contributed by atoms with E-state index in [4.69, 9.17) is 17.3 Å². The first-order valence-electron chi connectivity index (χ1n) is 12.1. The molecule has 0 aliphatic heterocycles. The number of fused-ring (bicyclic) bond motifs is 1. The molecule has 5 rings (SSSR count). The quantitative estimate of drug-likeness (QED) is 0.237. The maximum absolute atomic E-state index is 9.64. The zero-order chi connectivity index (χ0) is 24.9. The molecule has 1 aromatic carbocycles. The molecule has 4 aromatic rings. The second-order valence-electron chi connectivity index (χ2n) is 8.51. The number of aromatic nitrogens is 4. The average Bonchev–Trinajstić information content (AvgIpc) is 3.49. The monoisotopic (exact) mass is 493 g/mol. The fraction of sp³-hybridized carbons (Fsp3) is 0.346. The number of amidine groups is 1. The van der Waals surface area contributed by atoms with Crippen molar-refractivity contribution in [1.29, 1.82) is 0 Å². The maximum atomic E-state index is 9.64. The van der Waals surface area contributed by atoms with Crippen LogP contribution in [0.4, 0.5) is 11.4 Å². The van der Waals surface area contributed by atoms with Gasteiger partial charge >= 0.3 is 0 Å². The number of hydrogen-bond acceptors (Lipinski definition) is 5. The first-order valence-corrected chi connectivity index (χ1v) is 12.5. The van der Waals surface area contributed by atoms with E-state index in [1.807, 2.05) is 44.0 Å². The Morgan fingerprint density at radius 2 is 1.86 bits per heavy atom. The molecule has 1 saturated carbocycles. The molecule has 0 unspecified atom stereocenters. The highest BCUT2D eigenvalue weighted by atomic mass is 35.5. The Kier molecular flexibility index (Phi) is 7.60. The number of nitrogens with one attached hydrogen (secondary N) is 1. The van der Waals surface area contributed by atoms with Gasteiger partial charge in [-0.25, -0.2) is 9.51 Å². The number of rotatable bonds is 5. The van der Waals surface area contributed by atoms with Crippen molar-refractivity contribution in [1.82, 2.24) is 19.4 Å². The summed E-state index contributed by atoms with van der Waals surface area (Å²) in [4.78, 5) is 4.55. The summed E-state index contributed by atoms with van der Waals surface area (Å²) < 4.78 is 3.64. The standard InChI is InChI=1S/C24H26ClN7O.C2H6/c1-31-13-16(11-27-31)15-9-22-23(29-17-5-3-2-4-6-17)19(12-28-32(22)14-15)24(26)30-21-8-7-18(33)10-20(21)25;1-2/h7-14,17,29,33H,2-6H2,1H3,(H2,26,30);1-2H3. The number of aliphatic imine (C=N–C) groups is 1. The Morgan fingerprint density at radius 3 is 2.54 bits per heavy atom. The van der Waals surface area contributed by atoms with Crippen LogP contribution in [0, 0.1) is 0 Å². The Balaban J connectivity index is 0.00000141. The molecule has 8 nitrogen and oxygen atoms in total. The third kappa shape index (κ3) is 5.43. The third-order valence-corrected chi connectivity index (χ3v) is 6.38. The van der Waals surface area contributed by atoms with Crippen LogP contribution in [-0.4, -0.2) is 36.4 Å². The van der Waals surface area contributed by atoms with Crippen LogP contribution in [0.5, 0.6) is 5.75 Å². The largest absolute Gasteiger partial charge is 0.508 e. The van der Waals surface area contributed by atoms with Gasteiger partial charge in [-0.3, -0.25) is 4.68 Å². The van der Waals surface area contributed by atoms with Crippen molar-refractivity contribution in [3.05, 3.63) is 59.6 Å². The number of halogens is 1. The first-order chi connectivity index (χ1) is 17.0. The number of nitrogens with two attached hydrogens (primary N) is 1. The molecule has 3 heterocycles. The minimum Gasteiger partial charge on any atom is -0.508 e. The van der Waals surface area contributed by atoms with Gasteiger partial charge in [-0.15, -0.1) is 0 Å². The van der Waals surface area contributed by atoms with Crippen molar-refractivity contribution in [2.75, 3.05) is 5.32 Å². The number of anilines is 1. The van der Waals surface area contributed by atoms with Gasteiger partial charge in [0.15, 0.2) is 0 Å². The van der Waals surface area contributed by atoms with Crippen LogP contribution in [-0.2, 0) is 7.05 Å². The normalized spacial score (nSPS) is 14.6. The van der Waals surface area contributed by atoms with E-state index >= 15 is 0 Å². The molecule has 1 aliphatic rings. The summed E-state index contributed by atoms with van der Waals surface area (Å²) in [6, 6.07) is 7.09. The lowest BCUT2D eigenvalue weighted by atomic mass is 9.95. The van der Waals surface area contributed by atoms with Gasteiger partial charge < -0.3 is 16.2 Å². The summed E-state index contributed by atoms with van der Waals surface area (Å²) in [5.74, 6) is 0.386. The predicted molar refractivity (Wildman–Crippen MR) is 143 cm³/mol. The van der Waals surface area contributed by atoms with Gasteiger partial charge in [0.05, 0.1) is 39.9 Å². The molecule has 0 atom stereocenters. The highest BCUT2D eigenvalue weighted by molar-refractivity contribution is 6.33. The van der Waals surface area contributed by atoms with Crippen molar-refractivity contribution in [3.8, 4) is 16.9 Å². The van der Waals surface area contributed by atoms with Gasteiger partial charge in [0.2, 0.25) is 0 Å². The fourth-order valence-corrected chi connectivity index (χ4v) is 4.58. The van der Waals surface area contributed by atoms with Crippen molar-refractivity contribution >= 4 is 34.3 Å². The molecule has 1 fully saturated rings. The average molecular weight is 494 g/mol. The molecule has 0 spiro atoms. The molecule has 35 heavy (non-hydrogen) atoms. The molecule has 0 radical (unpaired) electrons. The number of aryl methyl sites for hydroxylation is 1. The Morgan fingerprint density at radius 1 is 1.09 bits per heavy atom. The SMILES string of the molecule is CC.Cn1cc(-c2cc3c(NC4CCCCC4)c(C(N)=Nc4ccc(O)cc4Cl)cnn3c2)cn1. The summed E-state index contributed by atoms with van der Waals surface area (Å²) in [5.41, 5.74) is 11.6. The van der Waals surface area contributed by atoms with Crippen LogP contribution < -0.4 is 11.1 Å². The lowest BCUT2D eigenvalue weighted by Crippen LogP contribution is -2.25. The van der Waals surface area contributed by atoms with E-state index in [0.717, 1.165) is 35.2 Å². The van der Waals surface area contributed by atoms with E-state index in [2.05, 4.69) is 26.6 Å². The zero-order valence-electron chi connectivity index (χ0n) is 20.4. The van der Waals surface area contributed by atoms with Gasteiger partial charge in [-0.05, 0) is 31.0 Å².